The van der Waals surface area contributed by atoms with Crippen molar-refractivity contribution in [3.05, 3.63) is 59.9 Å². The predicted molar refractivity (Wildman–Crippen MR) is 92.1 cm³/mol. The maximum atomic E-state index is 12.0. The summed E-state index contributed by atoms with van der Waals surface area (Å²) >= 11 is 0. The number of anilines is 1. The smallest absolute Gasteiger partial charge is 0.226 e. The molecule has 4 nitrogen and oxygen atoms in total. The first-order valence-corrected chi connectivity index (χ1v) is 7.00. The van der Waals surface area contributed by atoms with Gasteiger partial charge in [0.1, 0.15) is 0 Å². The molecule has 0 radical (unpaired) electrons. The molecule has 1 heterocycles. The molecule has 0 atom stereocenters. The van der Waals surface area contributed by atoms with Crippen LogP contribution in [0.2, 0.25) is 0 Å². The van der Waals surface area contributed by atoms with Gasteiger partial charge in [0.25, 0.3) is 0 Å². The van der Waals surface area contributed by atoms with E-state index in [1.165, 1.54) is 5.56 Å². The Morgan fingerprint density at radius 1 is 1.18 bits per heavy atom. The van der Waals surface area contributed by atoms with Crippen LogP contribution in [0.5, 0.6) is 0 Å². The average Bonchev–Trinajstić information content (AvgIpc) is 2.49. The molecule has 0 aliphatic heterocycles. The van der Waals surface area contributed by atoms with E-state index in [1.807, 2.05) is 18.2 Å². The molecule has 5 heteroatoms. The third-order valence-corrected chi connectivity index (χ3v) is 3.47. The van der Waals surface area contributed by atoms with Crippen molar-refractivity contribution >= 4 is 24.0 Å². The Morgan fingerprint density at radius 2 is 1.86 bits per heavy atom. The van der Waals surface area contributed by atoms with Crippen LogP contribution in [0.3, 0.4) is 0 Å². The van der Waals surface area contributed by atoms with Gasteiger partial charge in [-0.15, -0.1) is 12.4 Å². The van der Waals surface area contributed by atoms with E-state index in [9.17, 15) is 4.79 Å². The van der Waals surface area contributed by atoms with Crippen molar-refractivity contribution in [2.45, 2.75) is 25.7 Å². The van der Waals surface area contributed by atoms with Crippen LogP contribution in [0, 0.1) is 0 Å². The van der Waals surface area contributed by atoms with E-state index in [1.54, 1.807) is 18.3 Å². The van der Waals surface area contributed by atoms with Crippen LogP contribution < -0.4 is 11.1 Å². The lowest BCUT2D eigenvalue weighted by Gasteiger charge is -2.25. The fourth-order valence-corrected chi connectivity index (χ4v) is 2.08. The second kappa shape index (κ2) is 7.80. The van der Waals surface area contributed by atoms with Gasteiger partial charge in [-0.3, -0.25) is 9.78 Å². The topological polar surface area (TPSA) is 68.0 Å². The molecule has 0 saturated heterocycles. The van der Waals surface area contributed by atoms with Crippen molar-refractivity contribution in [3.63, 3.8) is 0 Å². The summed E-state index contributed by atoms with van der Waals surface area (Å²) in [5.41, 5.74) is 8.00. The Labute approximate surface area is 137 Å². The Hall–Kier alpha value is -2.07. The summed E-state index contributed by atoms with van der Waals surface area (Å²) in [5, 5.41) is 2.97. The number of pyridine rings is 1. The molecule has 1 amide bonds. The number of hydrogen-bond donors (Lipinski definition) is 2. The molecular formula is C17H22ClN3O. The summed E-state index contributed by atoms with van der Waals surface area (Å²) in [6.07, 6.45) is 1.83. The fourth-order valence-electron chi connectivity index (χ4n) is 2.08. The summed E-state index contributed by atoms with van der Waals surface area (Å²) < 4.78 is 0. The second-order valence-corrected chi connectivity index (χ2v) is 5.79. The zero-order chi connectivity index (χ0) is 15.3. The van der Waals surface area contributed by atoms with Crippen LogP contribution in [-0.2, 0) is 16.6 Å². The highest BCUT2D eigenvalue weighted by molar-refractivity contribution is 5.85. The van der Waals surface area contributed by atoms with Gasteiger partial charge in [-0.2, -0.15) is 0 Å². The van der Waals surface area contributed by atoms with Crippen molar-refractivity contribution in [3.8, 4) is 0 Å². The quantitative estimate of drug-likeness (QED) is 0.890. The minimum Gasteiger partial charge on any atom is -0.397 e. The van der Waals surface area contributed by atoms with Gasteiger partial charge in [0, 0.05) is 17.7 Å². The van der Waals surface area contributed by atoms with Crippen LogP contribution in [0.15, 0.2) is 48.7 Å². The Balaban J connectivity index is 0.00000242. The van der Waals surface area contributed by atoms with Gasteiger partial charge in [-0.25, -0.2) is 0 Å². The minimum atomic E-state index is -0.106. The molecule has 0 aliphatic carbocycles. The van der Waals surface area contributed by atoms with Gasteiger partial charge in [0.05, 0.1) is 18.3 Å². The number of benzene rings is 1. The number of hydrogen-bond acceptors (Lipinski definition) is 3. The highest BCUT2D eigenvalue weighted by Crippen LogP contribution is 2.21. The molecule has 0 saturated carbocycles. The number of halogens is 1. The zero-order valence-electron chi connectivity index (χ0n) is 12.9. The lowest BCUT2D eigenvalue weighted by Crippen LogP contribution is -2.37. The molecule has 2 rings (SSSR count). The Bertz CT molecular complexity index is 597. The lowest BCUT2D eigenvalue weighted by atomic mass is 9.84. The number of nitrogen functional groups attached to an aromatic ring is 1. The predicted octanol–water partition coefficient (Wildman–Crippen LogP) is 2.72. The van der Waals surface area contributed by atoms with Crippen molar-refractivity contribution in [1.82, 2.24) is 10.3 Å². The van der Waals surface area contributed by atoms with E-state index >= 15 is 0 Å². The van der Waals surface area contributed by atoms with Gasteiger partial charge in [-0.1, -0.05) is 44.2 Å². The molecule has 0 fully saturated rings. The van der Waals surface area contributed by atoms with Gasteiger partial charge in [0.15, 0.2) is 0 Å². The van der Waals surface area contributed by atoms with Gasteiger partial charge < -0.3 is 11.1 Å². The van der Waals surface area contributed by atoms with Crippen molar-refractivity contribution in [2.75, 3.05) is 12.3 Å². The molecule has 0 bridgehead atoms. The molecule has 0 aliphatic rings. The van der Waals surface area contributed by atoms with E-state index in [0.29, 0.717) is 12.2 Å². The minimum absolute atomic E-state index is 0. The first kappa shape index (κ1) is 18.0. The molecule has 22 heavy (non-hydrogen) atoms. The molecule has 118 valence electrons. The highest BCUT2D eigenvalue weighted by atomic mass is 35.5. The van der Waals surface area contributed by atoms with E-state index in [0.717, 1.165) is 5.69 Å². The number of amides is 1. The van der Waals surface area contributed by atoms with Crippen molar-refractivity contribution in [1.29, 1.82) is 0 Å². The molecular weight excluding hydrogens is 298 g/mol. The monoisotopic (exact) mass is 319 g/mol. The van der Waals surface area contributed by atoms with Crippen molar-refractivity contribution in [2.24, 2.45) is 0 Å². The van der Waals surface area contributed by atoms with E-state index < -0.39 is 0 Å². The average molecular weight is 320 g/mol. The van der Waals surface area contributed by atoms with Gasteiger partial charge in [-0.05, 0) is 17.7 Å². The first-order valence-electron chi connectivity index (χ1n) is 7.00. The summed E-state index contributed by atoms with van der Waals surface area (Å²) in [7, 11) is 0. The standard InChI is InChI=1S/C17H21N3O.ClH/c1-17(2,13-6-4-3-5-7-13)12-20-16(21)10-15-9-8-14(18)11-19-15;/h3-9,11H,10,12,18H2,1-2H3,(H,20,21);1H. The summed E-state index contributed by atoms with van der Waals surface area (Å²) in [4.78, 5) is 16.1. The van der Waals surface area contributed by atoms with Crippen LogP contribution in [0.1, 0.15) is 25.1 Å². The Kier molecular flexibility index (Phi) is 6.38. The fraction of sp³-hybridized carbons (Fsp3) is 0.294. The molecule has 1 aromatic heterocycles. The van der Waals surface area contributed by atoms with Crippen LogP contribution in [0.4, 0.5) is 5.69 Å². The van der Waals surface area contributed by atoms with Crippen LogP contribution in [-0.4, -0.2) is 17.4 Å². The number of nitrogens with one attached hydrogen (secondary N) is 1. The number of nitrogens with two attached hydrogens (primary N) is 1. The summed E-state index contributed by atoms with van der Waals surface area (Å²) in [5.74, 6) is -0.0312. The number of rotatable bonds is 5. The van der Waals surface area contributed by atoms with E-state index in [2.05, 4.69) is 36.3 Å². The first-order chi connectivity index (χ1) is 9.97. The zero-order valence-corrected chi connectivity index (χ0v) is 13.7. The number of carbonyl (C=O) groups is 1. The number of nitrogens with zero attached hydrogens (tertiary/aromatic N) is 1. The Morgan fingerprint density at radius 3 is 2.45 bits per heavy atom. The third kappa shape index (κ3) is 5.04. The largest absolute Gasteiger partial charge is 0.397 e. The van der Waals surface area contributed by atoms with Crippen LogP contribution in [0.25, 0.3) is 0 Å². The molecule has 0 spiro atoms. The second-order valence-electron chi connectivity index (χ2n) is 5.79. The van der Waals surface area contributed by atoms with Gasteiger partial charge in [0.2, 0.25) is 5.91 Å². The van der Waals surface area contributed by atoms with Crippen molar-refractivity contribution < 1.29 is 4.79 Å². The third-order valence-electron chi connectivity index (χ3n) is 3.47. The maximum absolute atomic E-state index is 12.0. The van der Waals surface area contributed by atoms with Gasteiger partial charge >= 0.3 is 0 Å². The normalized spacial score (nSPS) is 10.6. The highest BCUT2D eigenvalue weighted by Gasteiger charge is 2.21. The lowest BCUT2D eigenvalue weighted by molar-refractivity contribution is -0.120. The van der Waals surface area contributed by atoms with E-state index in [4.69, 9.17) is 5.73 Å². The molecule has 2 aromatic rings. The number of aromatic nitrogens is 1. The van der Waals surface area contributed by atoms with E-state index in [-0.39, 0.29) is 30.2 Å². The SMILES string of the molecule is CC(C)(CNC(=O)Cc1ccc(N)cn1)c1ccccc1.Cl. The summed E-state index contributed by atoms with van der Waals surface area (Å²) in [6, 6.07) is 13.7. The maximum Gasteiger partial charge on any atom is 0.226 e. The molecule has 0 unspecified atom stereocenters. The molecule has 3 N–H and O–H groups in total. The van der Waals surface area contributed by atoms with Crippen LogP contribution >= 0.6 is 12.4 Å². The molecule has 1 aromatic carbocycles. The number of carbonyl (C=O) groups excluding carboxylic acids is 1. The summed E-state index contributed by atoms with van der Waals surface area (Å²) in [6.45, 7) is 4.82.